The molecule has 1 aliphatic carbocycles. The first-order chi connectivity index (χ1) is 12.6. The molecule has 26 heavy (non-hydrogen) atoms. The number of aromatic nitrogens is 1. The Kier molecular flexibility index (Phi) is 6.01. The number of pyridine rings is 1. The van der Waals surface area contributed by atoms with Crippen LogP contribution in [0.3, 0.4) is 0 Å². The van der Waals surface area contributed by atoms with Crippen molar-refractivity contribution in [3.8, 4) is 11.8 Å². The van der Waals surface area contributed by atoms with E-state index in [1.807, 2.05) is 36.4 Å². The molecule has 0 amide bonds. The van der Waals surface area contributed by atoms with Crippen molar-refractivity contribution < 1.29 is 9.53 Å². The fourth-order valence-electron chi connectivity index (χ4n) is 3.33. The molecule has 1 fully saturated rings. The molecular weight excluding hydrogens is 324 g/mol. The van der Waals surface area contributed by atoms with E-state index in [-0.39, 0.29) is 11.9 Å². The number of ether oxygens (including phenoxy) is 1. The van der Waals surface area contributed by atoms with Gasteiger partial charge in [-0.05, 0) is 74.3 Å². The molecule has 0 bridgehead atoms. The molecule has 1 saturated carbocycles. The fourth-order valence-corrected chi connectivity index (χ4v) is 3.33. The number of hydrogen-bond acceptors (Lipinski definition) is 4. The molecule has 0 aliphatic heterocycles. The van der Waals surface area contributed by atoms with Gasteiger partial charge in [0.05, 0.1) is 23.7 Å². The van der Waals surface area contributed by atoms with E-state index in [9.17, 15) is 4.79 Å². The molecule has 1 aliphatic rings. The maximum absolute atomic E-state index is 12.2. The van der Waals surface area contributed by atoms with E-state index in [2.05, 4.69) is 18.0 Å². The summed E-state index contributed by atoms with van der Waals surface area (Å²) in [5.41, 5.74) is 2.80. The van der Waals surface area contributed by atoms with Gasteiger partial charge in [0.25, 0.3) is 0 Å². The molecule has 134 valence electrons. The number of aryl methyl sites for hydroxylation is 2. The minimum Gasteiger partial charge on any atom is -0.425 e. The summed E-state index contributed by atoms with van der Waals surface area (Å²) in [6.07, 6.45) is 7.36. The number of nitrogens with zero attached hydrogens (tertiary/aromatic N) is 2. The summed E-state index contributed by atoms with van der Waals surface area (Å²) < 4.78 is 5.50. The molecule has 4 nitrogen and oxygen atoms in total. The van der Waals surface area contributed by atoms with E-state index in [1.54, 1.807) is 6.20 Å². The van der Waals surface area contributed by atoms with E-state index in [0.717, 1.165) is 50.1 Å². The molecule has 4 heteroatoms. The first kappa shape index (κ1) is 18.1. The maximum Gasteiger partial charge on any atom is 0.314 e. The van der Waals surface area contributed by atoms with Gasteiger partial charge in [0, 0.05) is 5.69 Å². The smallest absolute Gasteiger partial charge is 0.314 e. The lowest BCUT2D eigenvalue weighted by molar-refractivity contribution is -0.140. The zero-order chi connectivity index (χ0) is 18.4. The summed E-state index contributed by atoms with van der Waals surface area (Å²) in [7, 11) is 0. The highest BCUT2D eigenvalue weighted by atomic mass is 16.5. The molecule has 0 atom stereocenters. The average Bonchev–Trinajstić information content (AvgIpc) is 2.68. The second-order valence-electron chi connectivity index (χ2n) is 7.17. The van der Waals surface area contributed by atoms with Crippen LogP contribution >= 0.6 is 0 Å². The SMILES string of the molecule is CC1CCC(C(=O)Oc2ccc(CCc3ccc(C#N)cc3)nc2)CC1. The predicted molar refractivity (Wildman–Crippen MR) is 99.6 cm³/mol. The van der Waals surface area contributed by atoms with Gasteiger partial charge in [-0.2, -0.15) is 5.26 Å². The highest BCUT2D eigenvalue weighted by Crippen LogP contribution is 2.29. The Morgan fingerprint density at radius 1 is 1.12 bits per heavy atom. The van der Waals surface area contributed by atoms with Crippen LogP contribution < -0.4 is 4.74 Å². The van der Waals surface area contributed by atoms with Gasteiger partial charge in [0.15, 0.2) is 0 Å². The minimum absolute atomic E-state index is 0.0299. The van der Waals surface area contributed by atoms with Crippen LogP contribution in [0.2, 0.25) is 0 Å². The van der Waals surface area contributed by atoms with Crippen molar-refractivity contribution in [2.24, 2.45) is 11.8 Å². The van der Waals surface area contributed by atoms with Gasteiger partial charge in [-0.1, -0.05) is 19.1 Å². The minimum atomic E-state index is -0.121. The summed E-state index contributed by atoms with van der Waals surface area (Å²) in [4.78, 5) is 16.7. The summed E-state index contributed by atoms with van der Waals surface area (Å²) in [6.45, 7) is 2.24. The number of rotatable bonds is 5. The third-order valence-corrected chi connectivity index (χ3v) is 5.12. The number of nitriles is 1. The summed E-state index contributed by atoms with van der Waals surface area (Å²) in [5.74, 6) is 1.15. The van der Waals surface area contributed by atoms with Crippen molar-refractivity contribution in [3.05, 3.63) is 59.4 Å². The largest absolute Gasteiger partial charge is 0.425 e. The van der Waals surface area contributed by atoms with Gasteiger partial charge < -0.3 is 4.74 Å². The quantitative estimate of drug-likeness (QED) is 0.748. The maximum atomic E-state index is 12.2. The second kappa shape index (κ2) is 8.62. The Balaban J connectivity index is 1.50. The zero-order valence-corrected chi connectivity index (χ0v) is 15.1. The first-order valence-electron chi connectivity index (χ1n) is 9.29. The Hall–Kier alpha value is -2.67. The zero-order valence-electron chi connectivity index (χ0n) is 15.1. The van der Waals surface area contributed by atoms with Crippen molar-refractivity contribution in [1.82, 2.24) is 4.98 Å². The lowest BCUT2D eigenvalue weighted by Crippen LogP contribution is -2.25. The van der Waals surface area contributed by atoms with Gasteiger partial charge in [-0.25, -0.2) is 0 Å². The molecule has 2 aromatic rings. The van der Waals surface area contributed by atoms with Crippen molar-refractivity contribution in [2.45, 2.75) is 45.4 Å². The highest BCUT2D eigenvalue weighted by Gasteiger charge is 2.25. The summed E-state index contributed by atoms with van der Waals surface area (Å²) in [5, 5.41) is 8.82. The standard InChI is InChI=1S/C22H24N2O2/c1-16-2-9-19(10-3-16)22(25)26-21-13-12-20(24-15-21)11-8-17-4-6-18(14-23)7-5-17/h4-7,12-13,15-16,19H,2-3,8-11H2,1H3. The Bertz CT molecular complexity index is 767. The molecule has 3 rings (SSSR count). The molecule has 1 heterocycles. The van der Waals surface area contributed by atoms with Crippen LogP contribution in [0.4, 0.5) is 0 Å². The Morgan fingerprint density at radius 3 is 2.46 bits per heavy atom. The number of carbonyl (C=O) groups excluding carboxylic acids is 1. The average molecular weight is 348 g/mol. The van der Waals surface area contributed by atoms with Gasteiger partial charge in [0.1, 0.15) is 5.75 Å². The van der Waals surface area contributed by atoms with Crippen LogP contribution in [0, 0.1) is 23.2 Å². The monoisotopic (exact) mass is 348 g/mol. The highest BCUT2D eigenvalue weighted by molar-refractivity contribution is 5.75. The summed E-state index contributed by atoms with van der Waals surface area (Å²) in [6, 6.07) is 13.5. The third-order valence-electron chi connectivity index (χ3n) is 5.12. The number of hydrogen-bond donors (Lipinski definition) is 0. The second-order valence-corrected chi connectivity index (χ2v) is 7.17. The van der Waals surface area contributed by atoms with Gasteiger partial charge in [-0.3, -0.25) is 9.78 Å². The van der Waals surface area contributed by atoms with E-state index >= 15 is 0 Å². The first-order valence-corrected chi connectivity index (χ1v) is 9.29. The van der Waals surface area contributed by atoms with Gasteiger partial charge in [-0.15, -0.1) is 0 Å². The molecular formula is C22H24N2O2. The van der Waals surface area contributed by atoms with Crippen LogP contribution in [-0.4, -0.2) is 11.0 Å². The normalized spacial score (nSPS) is 19.5. The number of carbonyl (C=O) groups is 1. The fraction of sp³-hybridized carbons (Fsp3) is 0.409. The lowest BCUT2D eigenvalue weighted by atomic mass is 9.83. The van der Waals surface area contributed by atoms with Crippen LogP contribution in [-0.2, 0) is 17.6 Å². The topological polar surface area (TPSA) is 63.0 Å². The van der Waals surface area contributed by atoms with Crippen LogP contribution in [0.15, 0.2) is 42.6 Å². The molecule has 1 aromatic carbocycles. The van der Waals surface area contributed by atoms with E-state index in [0.29, 0.717) is 11.3 Å². The number of benzene rings is 1. The van der Waals surface area contributed by atoms with Crippen molar-refractivity contribution >= 4 is 5.97 Å². The Labute approximate surface area is 154 Å². The summed E-state index contributed by atoms with van der Waals surface area (Å²) >= 11 is 0. The van der Waals surface area contributed by atoms with Crippen LogP contribution in [0.5, 0.6) is 5.75 Å². The predicted octanol–water partition coefficient (Wildman–Crippen LogP) is 4.47. The van der Waals surface area contributed by atoms with E-state index in [1.165, 1.54) is 5.56 Å². The molecule has 0 saturated heterocycles. The third kappa shape index (κ3) is 4.92. The molecule has 0 radical (unpaired) electrons. The van der Waals surface area contributed by atoms with Crippen molar-refractivity contribution in [3.63, 3.8) is 0 Å². The van der Waals surface area contributed by atoms with E-state index in [4.69, 9.17) is 10.00 Å². The Morgan fingerprint density at radius 2 is 1.85 bits per heavy atom. The lowest BCUT2D eigenvalue weighted by Gasteiger charge is -2.24. The molecule has 0 unspecified atom stereocenters. The van der Waals surface area contributed by atoms with Crippen LogP contribution in [0.1, 0.15) is 49.4 Å². The van der Waals surface area contributed by atoms with Gasteiger partial charge >= 0.3 is 5.97 Å². The van der Waals surface area contributed by atoms with Gasteiger partial charge in [0.2, 0.25) is 0 Å². The molecule has 0 N–H and O–H groups in total. The van der Waals surface area contributed by atoms with E-state index < -0.39 is 0 Å². The van der Waals surface area contributed by atoms with Crippen LogP contribution in [0.25, 0.3) is 0 Å². The number of esters is 1. The van der Waals surface area contributed by atoms with Crippen molar-refractivity contribution in [2.75, 3.05) is 0 Å². The van der Waals surface area contributed by atoms with Crippen molar-refractivity contribution in [1.29, 1.82) is 5.26 Å². The molecule has 0 spiro atoms. The molecule has 1 aromatic heterocycles.